The minimum atomic E-state index is -0.634. The number of ether oxygens (including phenoxy) is 4. The summed E-state index contributed by atoms with van der Waals surface area (Å²) in [5, 5.41) is 55.4. The van der Waals surface area contributed by atoms with Crippen LogP contribution in [0.2, 0.25) is 0 Å². The van der Waals surface area contributed by atoms with Crippen LogP contribution < -0.4 is 29.6 Å². The minimum Gasteiger partial charge on any atom is -0.870 e. The molecule has 0 unspecified atom stereocenters. The van der Waals surface area contributed by atoms with Gasteiger partial charge in [-0.3, -0.25) is 0 Å². The van der Waals surface area contributed by atoms with Crippen molar-refractivity contribution in [1.29, 1.82) is 0 Å². The van der Waals surface area contributed by atoms with Gasteiger partial charge in [-0.05, 0) is 381 Å². The van der Waals surface area contributed by atoms with Crippen LogP contribution in [0.1, 0.15) is 326 Å². The molecular weight excluding hydrogens is 1330 g/mol. The molecule has 12 aliphatic rings. The molecule has 12 heteroatoms. The van der Waals surface area contributed by atoms with E-state index >= 15 is 0 Å². The van der Waals surface area contributed by atoms with Gasteiger partial charge in [0, 0.05) is 21.3 Å². The van der Waals surface area contributed by atoms with Crippen LogP contribution in [0.4, 0.5) is 0 Å². The van der Waals surface area contributed by atoms with Crippen molar-refractivity contribution in [3.05, 3.63) is 35.9 Å². The molecule has 0 radical (unpaired) electrons. The third kappa shape index (κ3) is 17.8. The molecule has 1 aromatic rings. The Morgan fingerprint density at radius 1 is 0.387 bits per heavy atom. The Balaban J connectivity index is 0.000000184. The fourth-order valence-electron chi connectivity index (χ4n) is 29.9. The fraction of sp³-hybridized carbons (Fsp3) is 0.926. The molecule has 0 bridgehead atoms. The van der Waals surface area contributed by atoms with Gasteiger partial charge in [0.05, 0.1) is 54.4 Å². The molecule has 0 saturated heterocycles. The van der Waals surface area contributed by atoms with Crippen LogP contribution in [-0.4, -0.2) is 113 Å². The van der Waals surface area contributed by atoms with E-state index in [2.05, 4.69) is 104 Å². The molecule has 12 saturated carbocycles. The first-order valence-corrected chi connectivity index (χ1v) is 44.3. The predicted molar refractivity (Wildman–Crippen MR) is 425 cm³/mol. The number of benzene rings is 1. The number of esters is 1. The van der Waals surface area contributed by atoms with Gasteiger partial charge in [0.25, 0.3) is 0 Å². The van der Waals surface area contributed by atoms with E-state index in [1.165, 1.54) is 116 Å². The van der Waals surface area contributed by atoms with E-state index in [-0.39, 0.29) is 59.3 Å². The molecule has 0 aliphatic heterocycles. The van der Waals surface area contributed by atoms with Crippen LogP contribution in [0.15, 0.2) is 30.3 Å². The summed E-state index contributed by atoms with van der Waals surface area (Å²) in [5.74, 6) is 14.2. The van der Waals surface area contributed by atoms with Crippen molar-refractivity contribution in [3.63, 3.8) is 0 Å². The molecule has 13 rings (SSSR count). The smallest absolute Gasteiger partial charge is 0.870 e. The molecular formula is C94H161NaO11. The number of fused-ring (bicyclic) bond motifs is 15. The summed E-state index contributed by atoms with van der Waals surface area (Å²) in [5.41, 5.74) is 1.10. The van der Waals surface area contributed by atoms with Crippen LogP contribution >= 0.6 is 0 Å². The average molecular weight is 1490 g/mol. The van der Waals surface area contributed by atoms with E-state index in [1.54, 1.807) is 21.3 Å². The Morgan fingerprint density at radius 3 is 1.00 bits per heavy atom. The summed E-state index contributed by atoms with van der Waals surface area (Å²) in [6, 6.07) is 9.54. The third-order valence-corrected chi connectivity index (χ3v) is 36.0. The molecule has 12 aliphatic carbocycles. The van der Waals surface area contributed by atoms with Crippen molar-refractivity contribution in [3.8, 4) is 0 Å². The first kappa shape index (κ1) is 89.3. The normalized spacial score (nSPS) is 44.3. The summed E-state index contributed by atoms with van der Waals surface area (Å²) < 4.78 is 22.5. The van der Waals surface area contributed by atoms with Crippen LogP contribution in [-0.2, 0) is 18.9 Å². The molecule has 11 nitrogen and oxygen atoms in total. The second-order valence-corrected chi connectivity index (χ2v) is 42.7. The Kier molecular flexibility index (Phi) is 30.2. The fourth-order valence-corrected chi connectivity index (χ4v) is 29.9. The van der Waals surface area contributed by atoms with Crippen LogP contribution in [0.3, 0.4) is 0 Å². The molecule has 106 heavy (non-hydrogen) atoms. The van der Waals surface area contributed by atoms with Gasteiger partial charge in [-0.2, -0.15) is 0 Å². The molecule has 604 valence electrons. The van der Waals surface area contributed by atoms with E-state index in [0.717, 1.165) is 150 Å². The monoisotopic (exact) mass is 1490 g/mol. The van der Waals surface area contributed by atoms with Gasteiger partial charge in [-0.1, -0.05) is 122 Å². The third-order valence-electron chi connectivity index (χ3n) is 36.0. The molecule has 0 aromatic heterocycles. The van der Waals surface area contributed by atoms with E-state index in [9.17, 15) is 30.3 Å². The van der Waals surface area contributed by atoms with Gasteiger partial charge in [0.1, 0.15) is 6.10 Å². The van der Waals surface area contributed by atoms with Gasteiger partial charge in [0.2, 0.25) is 0 Å². The van der Waals surface area contributed by atoms with Gasteiger partial charge < -0.3 is 50.0 Å². The summed E-state index contributed by atoms with van der Waals surface area (Å²) in [6.07, 6.45) is 38.7. The molecule has 0 spiro atoms. The van der Waals surface area contributed by atoms with Gasteiger partial charge in [0.15, 0.2) is 0 Å². The van der Waals surface area contributed by atoms with E-state index in [4.69, 9.17) is 18.9 Å². The summed E-state index contributed by atoms with van der Waals surface area (Å²) >= 11 is 0. The zero-order valence-corrected chi connectivity index (χ0v) is 73.4. The predicted octanol–water partition coefficient (Wildman–Crippen LogP) is 18.1. The number of aliphatic hydroxyl groups excluding tert-OH is 2. The van der Waals surface area contributed by atoms with E-state index < -0.39 is 16.8 Å². The molecule has 0 heterocycles. The van der Waals surface area contributed by atoms with Gasteiger partial charge in [-0.15, -0.1) is 0 Å². The zero-order valence-electron chi connectivity index (χ0n) is 71.4. The van der Waals surface area contributed by atoms with Gasteiger partial charge in [-0.25, -0.2) is 4.79 Å². The number of hydrogen-bond donors (Lipinski definition) is 5. The second-order valence-electron chi connectivity index (χ2n) is 42.7. The van der Waals surface area contributed by atoms with Crippen molar-refractivity contribution in [2.75, 3.05) is 41.2 Å². The average Bonchev–Trinajstić information content (AvgIpc) is 1.43. The van der Waals surface area contributed by atoms with Crippen LogP contribution in [0, 0.1) is 157 Å². The Bertz CT molecular complexity index is 2800. The molecule has 6 N–H and O–H groups in total. The summed E-state index contributed by atoms with van der Waals surface area (Å²) in [6.45, 7) is 37.7. The Labute approximate surface area is 670 Å². The van der Waals surface area contributed by atoms with Crippen molar-refractivity contribution in [2.24, 2.45) is 157 Å². The Morgan fingerprint density at radius 2 is 0.689 bits per heavy atom. The first-order valence-electron chi connectivity index (χ1n) is 44.3. The molecule has 0 amide bonds. The minimum absolute atomic E-state index is 0. The molecule has 30 atom stereocenters. The summed E-state index contributed by atoms with van der Waals surface area (Å²) in [7, 11) is 5.17. The second kappa shape index (κ2) is 35.8. The molecule has 12 fully saturated rings. The topological polar surface area (TPSA) is 185 Å². The number of carbonyl (C=O) groups is 1. The van der Waals surface area contributed by atoms with E-state index in [1.807, 2.05) is 30.3 Å². The van der Waals surface area contributed by atoms with Gasteiger partial charge >= 0.3 is 35.5 Å². The maximum Gasteiger partial charge on any atom is 1.00 e. The number of carbonyl (C=O) groups excluding carboxylic acids is 1. The van der Waals surface area contributed by atoms with Crippen molar-refractivity contribution in [1.82, 2.24) is 0 Å². The zero-order chi connectivity index (χ0) is 75.3. The van der Waals surface area contributed by atoms with Crippen LogP contribution in [0.5, 0.6) is 0 Å². The Hall–Kier alpha value is -0.670. The summed E-state index contributed by atoms with van der Waals surface area (Å²) in [4.78, 5) is 13.2. The maximum atomic E-state index is 13.2. The van der Waals surface area contributed by atoms with Crippen molar-refractivity contribution < 1.29 is 84.3 Å². The number of rotatable bonds is 23. The van der Waals surface area contributed by atoms with Crippen LogP contribution in [0.25, 0.3) is 0 Å². The van der Waals surface area contributed by atoms with E-state index in [0.29, 0.717) is 129 Å². The quantitative estimate of drug-likeness (QED) is 0.0519. The number of methoxy groups -OCH3 is 3. The maximum absolute atomic E-state index is 13.2. The molecule has 1 aromatic carbocycles. The van der Waals surface area contributed by atoms with Crippen molar-refractivity contribution >= 4 is 5.97 Å². The number of aliphatic hydroxyl groups is 5. The standard InChI is InChI=1S/C36H56O4.2C29H52O3.Na.H2O/c1-24(2)12-17-32(40-33(37)26-10-8-7-9-11-26)25(3)29-15-16-30-28-14-13-27-22-36(38,23-39-6)21-20-34(27,4)31(28)18-19-35(29,30)5;2*1-19(2)7-12-26(30)20(3)23-10-11-24-22-9-8-21-17-29(31,18-32-6)16-15-27(21,4)25(22)13-14-28(23,24)5;;/h7-11,24-25,27-32,38H,12-23H2,1-6H3;2*19-26,30-31H,7-18H2,1-6H3;;1H2/q;;;+1;/p-1/t25-,27-,28-,29+,30-,31-,32-,34-,35+,36-;2*20-,21-,22-,23+,24-,25-,26-,27-,28+,29-;;/m000../s1. The number of hydrogen-bond acceptors (Lipinski definition) is 11. The first-order chi connectivity index (χ1) is 49.1. The van der Waals surface area contributed by atoms with Crippen molar-refractivity contribution in [2.45, 2.75) is 351 Å². The largest absolute Gasteiger partial charge is 1.00 e. The SMILES string of the molecule is COC[C@]1(O)CC[C@@]2(C)[C@@H](CC[C@@H]3[C@@H]2CC[C@]2(C)[C@@H]([C@H](C)[C@@H](O)CCC(C)C)CC[C@@H]32)C1.COC[C@]1(O)CC[C@@]2(C)[C@@H](CC[C@@H]3[C@@H]2CC[C@]2(C)[C@@H]([C@H](C)[C@@H](O)CCC(C)C)CC[C@@H]32)C1.COC[C@]1(O)CC[C@@]2(C)[C@@H](CC[C@@H]3[C@@H]2CC[C@]2(C)[C@@H]([C@H](C)[C@H](CCC(C)C)OC(=O)c4ccccc4)CC[C@@H]32)C1.[Na+].[OH-].